The molecule has 9 heterocycles. The van der Waals surface area contributed by atoms with Gasteiger partial charge in [-0.2, -0.15) is 13.2 Å². The Bertz CT molecular complexity index is 5160. The van der Waals surface area contributed by atoms with Crippen molar-refractivity contribution in [3.63, 3.8) is 0 Å². The normalized spacial score (nSPS) is 9.78. The van der Waals surface area contributed by atoms with Crippen LogP contribution in [0, 0.1) is 67.4 Å². The predicted octanol–water partition coefficient (Wildman–Crippen LogP) is 19.2. The topological polar surface area (TPSA) is 255 Å². The van der Waals surface area contributed by atoms with E-state index in [2.05, 4.69) is 104 Å². The molecule has 0 bridgehead atoms. The fourth-order valence-electron chi connectivity index (χ4n) is 8.88. The number of rotatable bonds is 9. The molecule has 9 aromatic heterocycles. The van der Waals surface area contributed by atoms with Crippen LogP contribution in [0.15, 0.2) is 304 Å². The summed E-state index contributed by atoms with van der Waals surface area (Å²) >= 11 is 0. The molecule has 15 aromatic rings. The van der Waals surface area contributed by atoms with Crippen molar-refractivity contribution in [3.05, 3.63) is 386 Å². The molecule has 0 saturated heterocycles. The van der Waals surface area contributed by atoms with E-state index in [0.717, 1.165) is 58.5 Å². The van der Waals surface area contributed by atoms with E-state index in [9.17, 15) is 45.1 Å². The number of ketones is 1. The Balaban J connectivity index is 0.000000441. The number of carboxylic acid groups (broad SMARTS) is 2. The monoisotopic (exact) mass is 2440 g/mol. The molecule has 0 aliphatic rings. The van der Waals surface area contributed by atoms with Crippen LogP contribution in [0.3, 0.4) is 0 Å². The van der Waals surface area contributed by atoms with E-state index in [0.29, 0.717) is 39.9 Å². The summed E-state index contributed by atoms with van der Waals surface area (Å²) < 4.78 is 89.4. The van der Waals surface area contributed by atoms with Gasteiger partial charge in [-0.3, -0.25) is 32.4 Å². The summed E-state index contributed by atoms with van der Waals surface area (Å²) in [7, 11) is 0. The van der Waals surface area contributed by atoms with Crippen LogP contribution in [0.25, 0.3) is 78.6 Å². The molecule has 0 amide bonds. The van der Waals surface area contributed by atoms with Crippen molar-refractivity contribution in [2.24, 2.45) is 0 Å². The molecule has 599 valence electrons. The van der Waals surface area contributed by atoms with Gasteiger partial charge in [-0.1, -0.05) is 127 Å². The number of aromatic carboxylic acids is 2. The van der Waals surface area contributed by atoms with Gasteiger partial charge in [-0.25, -0.2) is 19.6 Å². The Morgan fingerprint density at radius 2 is 0.809 bits per heavy atom. The number of aliphatic hydroxyl groups is 1. The molecule has 0 aliphatic carbocycles. The van der Waals surface area contributed by atoms with Gasteiger partial charge in [0.05, 0.1) is 11.5 Å². The second kappa shape index (κ2) is 53.8. The summed E-state index contributed by atoms with van der Waals surface area (Å²) in [5.41, 5.74) is 6.83. The maximum atomic E-state index is 13.2. The van der Waals surface area contributed by atoms with Gasteiger partial charge < -0.3 is 50.3 Å². The fourth-order valence-corrected chi connectivity index (χ4v) is 8.88. The van der Waals surface area contributed by atoms with E-state index in [4.69, 9.17) is 15.3 Å². The molecule has 6 aromatic carbocycles. The summed E-state index contributed by atoms with van der Waals surface area (Å²) in [6.45, 7) is 6.27. The standard InChI is InChI=1S/C15H10N.C13H9F3N.2C11H6F2N.C11H8N.C8H7N4.2C6H5NO2.C5H8O2.5Ir/c1-2-6-12(7-3-1)15-10-13-8-4-5-9-14(13)11-16-15;1-9-6-10(12-4-2-3-5-17-12)8-11(7-9)13(14,15)16;2*12-8-4-5-9(10(13)7-8)11-3-1-2-6-14-11;1-2-6-10(7-3-1)11-8-4-5-9-12-11;1-6-10-8(12-11-6)7-4-2-3-5-9-7;2*8-6(9)5-3-1-2-4-7-5;1-4(6)3-5(2)7;;;;;/h1-6,8-11H;2-7H,1H3;2*1-4,6-7H;1-6,8-9H;2-5H,1H3;2*1-4H,(H,8,9);3,6H,1-2H3;;;;;/q6*-1;;;;;;;;. The molecule has 3 N–H and O–H groups in total. The van der Waals surface area contributed by atoms with E-state index in [1.807, 2.05) is 103 Å². The van der Waals surface area contributed by atoms with E-state index in [1.54, 1.807) is 130 Å². The van der Waals surface area contributed by atoms with Crippen molar-refractivity contribution in [3.8, 4) is 67.8 Å². The Hall–Kier alpha value is -11.2. The number of carbonyl (C=O) groups excluding carboxylic acids is 1. The number of hydrogen-bond acceptors (Lipinski definition) is 14. The average molecular weight is 2440 g/mol. The third-order valence-corrected chi connectivity index (χ3v) is 13.7. The minimum atomic E-state index is -4.38. The number of carboxylic acids is 2. The van der Waals surface area contributed by atoms with Crippen LogP contribution in [0.2, 0.25) is 0 Å². The fraction of sp³-hybridized carbons (Fsp3) is 0.0581. The number of fused-ring (bicyclic) bond motifs is 1. The number of benzene rings is 6. The van der Waals surface area contributed by atoms with Crippen molar-refractivity contribution in [1.29, 1.82) is 0 Å². The first-order valence-corrected chi connectivity index (χ1v) is 32.7. The third-order valence-electron chi connectivity index (χ3n) is 13.7. The smallest absolute Gasteiger partial charge is 0.399 e. The molecule has 0 atom stereocenters. The number of halogens is 7. The van der Waals surface area contributed by atoms with Gasteiger partial charge >= 0.3 is 18.1 Å². The van der Waals surface area contributed by atoms with Crippen LogP contribution in [-0.2, 0) is 111 Å². The predicted molar refractivity (Wildman–Crippen MR) is 402 cm³/mol. The average Bonchev–Trinajstić information content (AvgIpc) is 1.58. The van der Waals surface area contributed by atoms with Crippen molar-refractivity contribution in [2.45, 2.75) is 33.9 Å². The zero-order valence-electron chi connectivity index (χ0n) is 60.6. The largest absolute Gasteiger partial charge is 0.512 e. The number of aromatic nitrogens is 11. The van der Waals surface area contributed by atoms with Gasteiger partial charge in [0.1, 0.15) is 11.4 Å². The molecule has 5 radical (unpaired) electrons. The van der Waals surface area contributed by atoms with Crippen molar-refractivity contribution in [1.82, 2.24) is 55.1 Å². The second-order valence-corrected chi connectivity index (χ2v) is 22.2. The number of nitrogens with zero attached hydrogens (tertiary/aromatic N) is 11. The quantitative estimate of drug-likeness (QED) is 0.0525. The summed E-state index contributed by atoms with van der Waals surface area (Å²) in [6.07, 6.45) is 9.72. The SMILES string of the molecule is CC(=O)C=C(C)O.Cc1cc(-c2ccccn2)[c-]c(C(F)(F)F)c1.Cc1n[n-]c(-c2ccccn2)n1.Fc1c[c-]c(-c2ccccn2)c(F)c1.Fc1c[c-]c(-c2ccccn2)c(F)c1.O=C(O)c1ccccn1.O=C(O)c1ccccn1.[Ir].[Ir].[Ir].[Ir].[Ir].[c-]1ccccc1-c1cc2ccccc2cn1.[c-]1ccccc1-c1ccccn1. The molecule has 0 unspecified atom stereocenters. The van der Waals surface area contributed by atoms with Gasteiger partial charge in [-0.15, -0.1) is 125 Å². The number of carbonyl (C=O) groups is 3. The number of hydrogen-bond donors (Lipinski definition) is 3. The van der Waals surface area contributed by atoms with E-state index in [1.165, 1.54) is 55.2 Å². The third kappa shape index (κ3) is 36.2. The second-order valence-electron chi connectivity index (χ2n) is 22.2. The Labute approximate surface area is 726 Å². The number of aryl methyl sites for hydroxylation is 2. The van der Waals surface area contributed by atoms with Crippen LogP contribution >= 0.6 is 0 Å². The van der Waals surface area contributed by atoms with Gasteiger partial charge in [0, 0.05) is 185 Å². The number of aliphatic hydroxyl groups excluding tert-OH is 1. The maximum Gasteiger partial charge on any atom is 0.399 e. The van der Waals surface area contributed by atoms with E-state index < -0.39 is 46.9 Å². The molecule has 29 heteroatoms. The first kappa shape index (κ1) is 99.9. The van der Waals surface area contributed by atoms with Crippen LogP contribution in [0.5, 0.6) is 0 Å². The van der Waals surface area contributed by atoms with Gasteiger partial charge in [0.25, 0.3) is 0 Å². The first-order chi connectivity index (χ1) is 53.0. The summed E-state index contributed by atoms with van der Waals surface area (Å²) in [6, 6.07) is 82.6. The first-order valence-electron chi connectivity index (χ1n) is 32.7. The van der Waals surface area contributed by atoms with Crippen LogP contribution in [0.1, 0.15) is 51.8 Å². The van der Waals surface area contributed by atoms with Gasteiger partial charge in [-0.05, 0) is 132 Å². The zero-order chi connectivity index (χ0) is 79.1. The molecule has 0 saturated carbocycles. The minimum absolute atomic E-state index is 0. The van der Waals surface area contributed by atoms with Crippen molar-refractivity contribution < 1.29 is 161 Å². The van der Waals surface area contributed by atoms with E-state index >= 15 is 0 Å². The summed E-state index contributed by atoms with van der Waals surface area (Å²) in [5.74, 6) is -3.35. The molecule has 17 nitrogen and oxygen atoms in total. The minimum Gasteiger partial charge on any atom is -0.512 e. The zero-order valence-corrected chi connectivity index (χ0v) is 72.6. The molecule has 0 fully saturated rings. The van der Waals surface area contributed by atoms with E-state index in [-0.39, 0.29) is 135 Å². The van der Waals surface area contributed by atoms with Gasteiger partial charge in [0.15, 0.2) is 5.78 Å². The molecule has 0 spiro atoms. The number of alkyl halides is 3. The summed E-state index contributed by atoms with van der Waals surface area (Å²) in [5, 5.41) is 35.0. The molecule has 0 aliphatic heterocycles. The van der Waals surface area contributed by atoms with Gasteiger partial charge in [0.2, 0.25) is 0 Å². The molecular formula is C86H64F7Ir5N11O6-6. The molecular weight excluding hydrogens is 2380 g/mol. The summed E-state index contributed by atoms with van der Waals surface area (Å²) in [4.78, 5) is 66.2. The van der Waals surface area contributed by atoms with Crippen molar-refractivity contribution in [2.75, 3.05) is 0 Å². The molecule has 115 heavy (non-hydrogen) atoms. The van der Waals surface area contributed by atoms with Crippen molar-refractivity contribution >= 4 is 28.5 Å². The Kier molecular flexibility index (Phi) is 46.7. The Morgan fingerprint density at radius 1 is 0.417 bits per heavy atom. The Morgan fingerprint density at radius 3 is 1.15 bits per heavy atom. The number of allylic oxidation sites excluding steroid dienone is 2. The van der Waals surface area contributed by atoms with Crippen LogP contribution in [0.4, 0.5) is 30.7 Å². The number of pyridine rings is 8. The maximum absolute atomic E-state index is 13.2. The van der Waals surface area contributed by atoms with Crippen LogP contribution < -0.4 is 5.10 Å². The molecule has 15 rings (SSSR count). The van der Waals surface area contributed by atoms with Crippen LogP contribution in [-0.4, -0.2) is 83.0 Å².